The van der Waals surface area contributed by atoms with Crippen LogP contribution in [0.25, 0.3) is 0 Å². The molecule has 0 amide bonds. The lowest BCUT2D eigenvalue weighted by Crippen LogP contribution is -2.22. The number of fused-ring (bicyclic) bond motifs is 2. The first-order valence-corrected chi connectivity index (χ1v) is 7.27. The molecule has 0 bridgehead atoms. The van der Waals surface area contributed by atoms with Gasteiger partial charge in [0.25, 0.3) is 0 Å². The highest BCUT2D eigenvalue weighted by molar-refractivity contribution is 7.87. The van der Waals surface area contributed by atoms with Crippen molar-refractivity contribution >= 4 is 29.2 Å². The third-order valence-corrected chi connectivity index (χ3v) is 6.04. The standard InChI is InChI=1S/C12H8O2PS/c13-15-9-5-1-3-7-11(9)16(14)12-8-4-2-6-10(12)15/h1-8H/q+1. The van der Waals surface area contributed by atoms with Gasteiger partial charge in [-0.2, -0.15) is 0 Å². The summed E-state index contributed by atoms with van der Waals surface area (Å²) in [5.74, 6) is 0. The molecule has 1 heterocycles. The summed E-state index contributed by atoms with van der Waals surface area (Å²) in [7, 11) is -2.79. The van der Waals surface area contributed by atoms with Crippen LogP contribution in [0.15, 0.2) is 58.3 Å². The van der Waals surface area contributed by atoms with E-state index >= 15 is 0 Å². The summed E-state index contributed by atoms with van der Waals surface area (Å²) in [6.07, 6.45) is 0. The van der Waals surface area contributed by atoms with Crippen LogP contribution in [0.2, 0.25) is 0 Å². The van der Waals surface area contributed by atoms with Crippen molar-refractivity contribution in [1.29, 1.82) is 0 Å². The molecule has 1 aliphatic rings. The summed E-state index contributed by atoms with van der Waals surface area (Å²) < 4.78 is 24.5. The van der Waals surface area contributed by atoms with Crippen LogP contribution in [-0.4, -0.2) is 4.21 Å². The van der Waals surface area contributed by atoms with Crippen LogP contribution in [0.5, 0.6) is 0 Å². The molecule has 0 unspecified atom stereocenters. The van der Waals surface area contributed by atoms with Gasteiger partial charge < -0.3 is 0 Å². The van der Waals surface area contributed by atoms with E-state index in [1.54, 1.807) is 24.3 Å². The van der Waals surface area contributed by atoms with Gasteiger partial charge in [0.05, 0.1) is 20.6 Å². The first-order valence-electron chi connectivity index (χ1n) is 4.86. The second-order valence-corrected chi connectivity index (χ2v) is 6.47. The van der Waals surface area contributed by atoms with Crippen LogP contribution in [0.3, 0.4) is 0 Å². The van der Waals surface area contributed by atoms with Crippen LogP contribution in [-0.2, 0) is 15.4 Å². The van der Waals surface area contributed by atoms with Crippen molar-refractivity contribution in [2.75, 3.05) is 0 Å². The zero-order chi connectivity index (χ0) is 11.1. The lowest BCUT2D eigenvalue weighted by Gasteiger charge is -2.08. The molecule has 0 spiro atoms. The number of rotatable bonds is 0. The van der Waals surface area contributed by atoms with E-state index in [1.165, 1.54) is 0 Å². The molecular formula is C12H8O2PS+. The Labute approximate surface area is 96.6 Å². The number of benzene rings is 2. The monoisotopic (exact) mass is 247 g/mol. The van der Waals surface area contributed by atoms with Gasteiger partial charge in [0.2, 0.25) is 10.6 Å². The molecule has 0 saturated heterocycles. The average molecular weight is 247 g/mol. The maximum absolute atomic E-state index is 12.3. The fraction of sp³-hybridized carbons (Fsp3) is 0. The molecule has 1 aliphatic heterocycles. The minimum atomic E-state index is -1.59. The molecule has 16 heavy (non-hydrogen) atoms. The van der Waals surface area contributed by atoms with Crippen molar-refractivity contribution in [2.45, 2.75) is 9.79 Å². The van der Waals surface area contributed by atoms with Gasteiger partial charge in [-0.05, 0) is 24.3 Å². The fourth-order valence-electron chi connectivity index (χ4n) is 1.81. The highest BCUT2D eigenvalue weighted by Crippen LogP contribution is 2.32. The topological polar surface area (TPSA) is 34.1 Å². The Morgan fingerprint density at radius 2 is 1.25 bits per heavy atom. The highest BCUT2D eigenvalue weighted by atomic mass is 32.2. The molecule has 2 aromatic carbocycles. The Morgan fingerprint density at radius 3 is 1.75 bits per heavy atom. The van der Waals surface area contributed by atoms with Crippen LogP contribution in [0.1, 0.15) is 0 Å². The summed E-state index contributed by atoms with van der Waals surface area (Å²) in [5.41, 5.74) is 0. The van der Waals surface area contributed by atoms with E-state index in [2.05, 4.69) is 0 Å². The quantitative estimate of drug-likeness (QED) is 0.569. The Balaban J connectivity index is 2.35. The van der Waals surface area contributed by atoms with Crippen molar-refractivity contribution in [2.24, 2.45) is 0 Å². The van der Waals surface area contributed by atoms with Crippen LogP contribution < -0.4 is 10.6 Å². The van der Waals surface area contributed by atoms with Crippen LogP contribution in [0.4, 0.5) is 0 Å². The van der Waals surface area contributed by atoms with Gasteiger partial charge in [-0.3, -0.25) is 0 Å². The first-order chi connectivity index (χ1) is 7.79. The van der Waals surface area contributed by atoms with Gasteiger partial charge in [0.15, 0.2) is 0 Å². The van der Waals surface area contributed by atoms with Crippen molar-refractivity contribution in [3.63, 3.8) is 0 Å². The van der Waals surface area contributed by atoms with E-state index in [9.17, 15) is 8.77 Å². The zero-order valence-electron chi connectivity index (χ0n) is 8.29. The molecule has 0 aromatic heterocycles. The summed E-state index contributed by atoms with van der Waals surface area (Å²) in [5, 5.41) is 1.41. The van der Waals surface area contributed by atoms with E-state index < -0.39 is 18.6 Å². The molecule has 78 valence electrons. The van der Waals surface area contributed by atoms with Gasteiger partial charge in [-0.25, -0.2) is 4.21 Å². The maximum atomic E-state index is 12.3. The van der Waals surface area contributed by atoms with Crippen molar-refractivity contribution in [1.82, 2.24) is 0 Å². The summed E-state index contributed by atoms with van der Waals surface area (Å²) in [6.45, 7) is 0. The third-order valence-electron chi connectivity index (χ3n) is 2.57. The molecule has 0 fully saturated rings. The Bertz CT molecular complexity index is 516. The van der Waals surface area contributed by atoms with Crippen LogP contribution >= 0.6 is 7.80 Å². The minimum absolute atomic E-state index is 0.683. The molecule has 0 aliphatic carbocycles. The predicted molar refractivity (Wildman–Crippen MR) is 64.4 cm³/mol. The Morgan fingerprint density at radius 1 is 0.812 bits per heavy atom. The largest absolute Gasteiger partial charge is 0.417 e. The van der Waals surface area contributed by atoms with E-state index in [0.29, 0.717) is 20.4 Å². The molecule has 2 aromatic rings. The van der Waals surface area contributed by atoms with Crippen LogP contribution in [0, 0.1) is 0 Å². The molecule has 0 N–H and O–H groups in total. The van der Waals surface area contributed by atoms with E-state index in [-0.39, 0.29) is 0 Å². The molecule has 0 atom stereocenters. The second kappa shape index (κ2) is 3.62. The SMILES string of the molecule is O=[P+]1c2ccccc2S(=O)c2ccccc21. The number of hydrogen-bond donors (Lipinski definition) is 0. The highest BCUT2D eigenvalue weighted by Gasteiger charge is 2.38. The van der Waals surface area contributed by atoms with E-state index in [1.807, 2.05) is 24.3 Å². The zero-order valence-corrected chi connectivity index (χ0v) is 10.0. The van der Waals surface area contributed by atoms with Gasteiger partial charge in [-0.1, -0.05) is 28.8 Å². The molecular weight excluding hydrogens is 239 g/mol. The van der Waals surface area contributed by atoms with Crippen molar-refractivity contribution in [3.05, 3.63) is 48.5 Å². The Kier molecular flexibility index (Phi) is 2.23. The lowest BCUT2D eigenvalue weighted by atomic mass is 10.3. The van der Waals surface area contributed by atoms with Gasteiger partial charge >= 0.3 is 7.80 Å². The predicted octanol–water partition coefficient (Wildman–Crippen LogP) is 1.94. The summed E-state index contributed by atoms with van der Waals surface area (Å²) >= 11 is 0. The van der Waals surface area contributed by atoms with Crippen molar-refractivity contribution < 1.29 is 8.77 Å². The van der Waals surface area contributed by atoms with E-state index in [4.69, 9.17) is 0 Å². The lowest BCUT2D eigenvalue weighted by molar-refractivity contribution is 0.597. The maximum Gasteiger partial charge on any atom is 0.417 e. The molecule has 0 saturated carbocycles. The van der Waals surface area contributed by atoms with E-state index in [0.717, 1.165) is 0 Å². The Hall–Kier alpha value is -1.31. The number of hydrogen-bond acceptors (Lipinski definition) is 2. The molecule has 3 rings (SSSR count). The van der Waals surface area contributed by atoms with Crippen molar-refractivity contribution in [3.8, 4) is 0 Å². The molecule has 2 nitrogen and oxygen atoms in total. The molecule has 0 radical (unpaired) electrons. The van der Waals surface area contributed by atoms with Gasteiger partial charge in [0.1, 0.15) is 0 Å². The second-order valence-electron chi connectivity index (χ2n) is 3.50. The summed E-state index contributed by atoms with van der Waals surface area (Å²) in [4.78, 5) is 1.37. The summed E-state index contributed by atoms with van der Waals surface area (Å²) in [6, 6.07) is 14.5. The smallest absolute Gasteiger partial charge is 0.249 e. The first kappa shape index (κ1) is 9.88. The third kappa shape index (κ3) is 1.29. The average Bonchev–Trinajstić information content (AvgIpc) is 2.36. The normalized spacial score (nSPS) is 20.0. The molecule has 4 heteroatoms. The fourth-order valence-corrected chi connectivity index (χ4v) is 5.22. The minimum Gasteiger partial charge on any atom is -0.249 e. The van der Waals surface area contributed by atoms with Gasteiger partial charge in [0, 0.05) is 0 Å². The van der Waals surface area contributed by atoms with Gasteiger partial charge in [-0.15, -0.1) is 0 Å².